The number of rotatable bonds is 6. The van der Waals surface area contributed by atoms with Crippen molar-refractivity contribution in [1.29, 1.82) is 0 Å². The lowest BCUT2D eigenvalue weighted by atomic mass is 9.79. The Balaban J connectivity index is 1.15. The van der Waals surface area contributed by atoms with E-state index in [9.17, 15) is 19.5 Å². The standard InChI is InChI=1S/C32H38N6O4S/c1-34(2)23-17-27(43-19-23)31(41)37-14-10-24(26(18-37)22-7-5-4-6-8-22)29(39)36-15-11-32(42,12-16-36)20-38-21-33-28-25(30(38)40)9-13-35(28)3/h4-9,13,17,19,21,24,26,42H,10-12,14-16,18,20H2,1-3H3/t24-,26+/m1/s1. The number of fused-ring (bicyclic) bond motifs is 1. The van der Waals surface area contributed by atoms with Crippen molar-refractivity contribution in [3.63, 3.8) is 0 Å². The molecule has 1 N–H and O–H groups in total. The number of aromatic nitrogens is 3. The number of benzene rings is 1. The molecule has 0 unspecified atom stereocenters. The Bertz CT molecular complexity index is 1680. The van der Waals surface area contributed by atoms with Gasteiger partial charge in [0.15, 0.2) is 0 Å². The van der Waals surface area contributed by atoms with Crippen molar-refractivity contribution >= 4 is 39.9 Å². The number of likely N-dealkylation sites (tertiary alicyclic amines) is 2. The highest BCUT2D eigenvalue weighted by Crippen LogP contribution is 2.36. The predicted molar refractivity (Wildman–Crippen MR) is 168 cm³/mol. The normalized spacial score (nSPS) is 20.4. The SMILES string of the molecule is CN(C)c1csc(C(=O)N2CC[C@@H](C(=O)N3CCC(O)(Cn4cnc5c(ccn5C)c4=O)CC3)[C@H](c3ccccc3)C2)c1. The number of carbonyl (C=O) groups excluding carboxylic acids is 2. The third-order valence-corrected chi connectivity index (χ3v) is 9.98. The number of hydrogen-bond donors (Lipinski definition) is 1. The molecule has 10 nitrogen and oxygen atoms in total. The van der Waals surface area contributed by atoms with Crippen LogP contribution in [0.25, 0.3) is 11.0 Å². The minimum Gasteiger partial charge on any atom is -0.388 e. The van der Waals surface area contributed by atoms with E-state index in [1.165, 1.54) is 22.2 Å². The second-order valence-electron chi connectivity index (χ2n) is 12.1. The predicted octanol–water partition coefficient (Wildman–Crippen LogP) is 3.16. The van der Waals surface area contributed by atoms with Crippen molar-refractivity contribution in [3.05, 3.63) is 81.2 Å². The number of aryl methyl sites for hydroxylation is 1. The highest BCUT2D eigenvalue weighted by Gasteiger charge is 2.42. The molecule has 4 aromatic rings. The maximum absolute atomic E-state index is 14.0. The molecule has 5 heterocycles. The number of piperidine rings is 2. The molecule has 3 aromatic heterocycles. The molecule has 2 fully saturated rings. The van der Waals surface area contributed by atoms with E-state index in [0.717, 1.165) is 11.3 Å². The van der Waals surface area contributed by atoms with E-state index in [0.29, 0.717) is 61.4 Å². The molecule has 2 atom stereocenters. The fourth-order valence-corrected chi connectivity index (χ4v) is 7.39. The molecule has 2 saturated heterocycles. The molecule has 0 spiro atoms. The third-order valence-electron chi connectivity index (χ3n) is 9.08. The van der Waals surface area contributed by atoms with Gasteiger partial charge in [0.2, 0.25) is 5.91 Å². The summed E-state index contributed by atoms with van der Waals surface area (Å²) in [5.41, 5.74) is 1.39. The van der Waals surface area contributed by atoms with Gasteiger partial charge < -0.3 is 24.4 Å². The van der Waals surface area contributed by atoms with Crippen LogP contribution in [-0.4, -0.2) is 86.7 Å². The van der Waals surface area contributed by atoms with Gasteiger partial charge in [0.25, 0.3) is 11.5 Å². The number of thiophene rings is 1. The fraction of sp³-hybridized carbons (Fsp3) is 0.438. The number of carbonyl (C=O) groups is 2. The van der Waals surface area contributed by atoms with Crippen LogP contribution in [-0.2, 0) is 18.4 Å². The van der Waals surface area contributed by atoms with Crippen LogP contribution in [0, 0.1) is 5.92 Å². The van der Waals surface area contributed by atoms with E-state index in [2.05, 4.69) is 4.98 Å². The van der Waals surface area contributed by atoms with Gasteiger partial charge in [0.1, 0.15) is 12.0 Å². The van der Waals surface area contributed by atoms with Gasteiger partial charge in [-0.3, -0.25) is 19.0 Å². The summed E-state index contributed by atoms with van der Waals surface area (Å²) in [5.74, 6) is -0.307. The van der Waals surface area contributed by atoms with Crippen LogP contribution in [0.15, 0.2) is 65.2 Å². The summed E-state index contributed by atoms with van der Waals surface area (Å²) in [7, 11) is 5.76. The first-order valence-corrected chi connectivity index (χ1v) is 15.6. The first-order chi connectivity index (χ1) is 20.6. The molecule has 2 aliphatic heterocycles. The summed E-state index contributed by atoms with van der Waals surface area (Å²) in [5, 5.41) is 13.9. The van der Waals surface area contributed by atoms with Crippen LogP contribution < -0.4 is 10.5 Å². The highest BCUT2D eigenvalue weighted by atomic mass is 32.1. The summed E-state index contributed by atoms with van der Waals surface area (Å²) < 4.78 is 3.28. The molecular formula is C32H38N6O4S. The molecule has 11 heteroatoms. The van der Waals surface area contributed by atoms with Gasteiger partial charge in [-0.25, -0.2) is 4.98 Å². The zero-order valence-electron chi connectivity index (χ0n) is 24.8. The van der Waals surface area contributed by atoms with Crippen molar-refractivity contribution in [2.24, 2.45) is 13.0 Å². The number of hydrogen-bond acceptors (Lipinski definition) is 7. The van der Waals surface area contributed by atoms with Crippen LogP contribution in [0.5, 0.6) is 0 Å². The Morgan fingerprint density at radius 3 is 2.53 bits per heavy atom. The molecule has 0 radical (unpaired) electrons. The zero-order chi connectivity index (χ0) is 30.3. The average molecular weight is 603 g/mol. The minimum absolute atomic E-state index is 0.00592. The van der Waals surface area contributed by atoms with Gasteiger partial charge in [0.05, 0.1) is 22.4 Å². The smallest absolute Gasteiger partial charge is 0.264 e. The second-order valence-corrected chi connectivity index (χ2v) is 13.0. The lowest BCUT2D eigenvalue weighted by Gasteiger charge is -2.43. The molecule has 2 aliphatic rings. The average Bonchev–Trinajstić information content (AvgIpc) is 3.66. The molecule has 43 heavy (non-hydrogen) atoms. The Morgan fingerprint density at radius 2 is 1.84 bits per heavy atom. The van der Waals surface area contributed by atoms with Crippen LogP contribution >= 0.6 is 11.3 Å². The highest BCUT2D eigenvalue weighted by molar-refractivity contribution is 7.12. The van der Waals surface area contributed by atoms with Crippen molar-refractivity contribution in [2.45, 2.75) is 37.3 Å². The summed E-state index contributed by atoms with van der Waals surface area (Å²) in [6.07, 6.45) is 4.62. The van der Waals surface area contributed by atoms with Gasteiger partial charge in [-0.2, -0.15) is 0 Å². The molecular weight excluding hydrogens is 564 g/mol. The molecule has 0 bridgehead atoms. The second kappa shape index (κ2) is 11.6. The van der Waals surface area contributed by atoms with E-state index in [1.807, 2.05) is 77.6 Å². The molecule has 0 aliphatic carbocycles. The quantitative estimate of drug-likeness (QED) is 0.364. The summed E-state index contributed by atoms with van der Waals surface area (Å²) >= 11 is 1.45. The van der Waals surface area contributed by atoms with Crippen LogP contribution in [0.3, 0.4) is 0 Å². The van der Waals surface area contributed by atoms with Gasteiger partial charge in [-0.05, 0) is 37.0 Å². The van der Waals surface area contributed by atoms with E-state index >= 15 is 0 Å². The molecule has 1 aromatic carbocycles. The van der Waals surface area contributed by atoms with Crippen LogP contribution in [0.2, 0.25) is 0 Å². The first kappa shape index (κ1) is 29.1. The minimum atomic E-state index is -1.11. The lowest BCUT2D eigenvalue weighted by Crippen LogP contribution is -2.53. The summed E-state index contributed by atoms with van der Waals surface area (Å²) in [6.45, 7) is 1.95. The van der Waals surface area contributed by atoms with Crippen molar-refractivity contribution < 1.29 is 14.7 Å². The number of anilines is 1. The number of aliphatic hydroxyl groups is 1. The van der Waals surface area contributed by atoms with E-state index < -0.39 is 5.60 Å². The molecule has 0 saturated carbocycles. The zero-order valence-corrected chi connectivity index (χ0v) is 25.7. The topological polar surface area (TPSA) is 104 Å². The first-order valence-electron chi connectivity index (χ1n) is 14.8. The van der Waals surface area contributed by atoms with Gasteiger partial charge in [-0.15, -0.1) is 11.3 Å². The van der Waals surface area contributed by atoms with Gasteiger partial charge >= 0.3 is 0 Å². The lowest BCUT2D eigenvalue weighted by molar-refractivity contribution is -0.142. The Kier molecular flexibility index (Phi) is 7.87. The Labute approximate surface area is 254 Å². The molecule has 6 rings (SSSR count). The van der Waals surface area contributed by atoms with E-state index in [4.69, 9.17) is 0 Å². The van der Waals surface area contributed by atoms with E-state index in [-0.39, 0.29) is 35.8 Å². The molecule has 2 amide bonds. The third kappa shape index (κ3) is 5.71. The van der Waals surface area contributed by atoms with Crippen molar-refractivity contribution in [2.75, 3.05) is 45.2 Å². The van der Waals surface area contributed by atoms with Crippen LogP contribution in [0.1, 0.15) is 40.4 Å². The number of amides is 2. The summed E-state index contributed by atoms with van der Waals surface area (Å²) in [4.78, 5) is 51.3. The monoisotopic (exact) mass is 602 g/mol. The summed E-state index contributed by atoms with van der Waals surface area (Å²) in [6, 6.07) is 13.7. The fourth-order valence-electron chi connectivity index (χ4n) is 6.44. The Hall–Kier alpha value is -3.96. The molecule has 226 valence electrons. The largest absolute Gasteiger partial charge is 0.388 e. The van der Waals surface area contributed by atoms with Gasteiger partial charge in [0, 0.05) is 76.4 Å². The van der Waals surface area contributed by atoms with Crippen molar-refractivity contribution in [3.8, 4) is 0 Å². The number of nitrogens with zero attached hydrogens (tertiary/aromatic N) is 6. The maximum Gasteiger partial charge on any atom is 0.264 e. The van der Waals surface area contributed by atoms with Gasteiger partial charge in [-0.1, -0.05) is 30.3 Å². The Morgan fingerprint density at radius 1 is 1.09 bits per heavy atom. The van der Waals surface area contributed by atoms with E-state index in [1.54, 1.807) is 16.8 Å². The van der Waals surface area contributed by atoms with Crippen LogP contribution in [0.4, 0.5) is 5.69 Å². The maximum atomic E-state index is 14.0. The van der Waals surface area contributed by atoms with Crippen molar-refractivity contribution in [1.82, 2.24) is 23.9 Å².